The van der Waals surface area contributed by atoms with E-state index in [-0.39, 0.29) is 11.6 Å². The second-order valence-corrected chi connectivity index (χ2v) is 6.15. The van der Waals surface area contributed by atoms with Crippen molar-refractivity contribution in [2.75, 3.05) is 7.05 Å². The van der Waals surface area contributed by atoms with Crippen molar-refractivity contribution < 1.29 is 8.42 Å². The molecule has 0 aliphatic heterocycles. The molecule has 110 valence electrons. The highest BCUT2D eigenvalue weighted by Gasteiger charge is 2.23. The standard InChI is InChI=1S/C11H18N6O2S/c1-8-10(7-12-2)11(15-14-8)20(18,19)13-6-9-4-5-17(3)16-9/h4-5,12-13H,6-7H2,1-3H3,(H,14,15). The van der Waals surface area contributed by atoms with Gasteiger partial charge in [-0.2, -0.15) is 10.2 Å². The average Bonchev–Trinajstić information content (AvgIpc) is 2.96. The molecule has 2 aromatic heterocycles. The van der Waals surface area contributed by atoms with Crippen molar-refractivity contribution >= 4 is 10.0 Å². The molecule has 9 heteroatoms. The van der Waals surface area contributed by atoms with E-state index in [9.17, 15) is 8.42 Å². The summed E-state index contributed by atoms with van der Waals surface area (Å²) in [7, 11) is -0.131. The zero-order valence-corrected chi connectivity index (χ0v) is 12.5. The Morgan fingerprint density at radius 3 is 2.75 bits per heavy atom. The van der Waals surface area contributed by atoms with Gasteiger partial charge in [-0.1, -0.05) is 0 Å². The summed E-state index contributed by atoms with van der Waals surface area (Å²) in [5, 5.41) is 13.7. The van der Waals surface area contributed by atoms with Gasteiger partial charge >= 0.3 is 0 Å². The fraction of sp³-hybridized carbons (Fsp3) is 0.455. The Morgan fingerprint density at radius 2 is 2.15 bits per heavy atom. The number of rotatable bonds is 6. The molecule has 0 saturated carbocycles. The van der Waals surface area contributed by atoms with E-state index < -0.39 is 10.0 Å². The number of nitrogens with one attached hydrogen (secondary N) is 3. The van der Waals surface area contributed by atoms with E-state index in [0.717, 1.165) is 5.69 Å². The molecule has 0 aliphatic carbocycles. The van der Waals surface area contributed by atoms with Crippen LogP contribution in [0.2, 0.25) is 0 Å². The largest absolute Gasteiger partial charge is 0.316 e. The van der Waals surface area contributed by atoms with E-state index in [2.05, 4.69) is 25.3 Å². The highest BCUT2D eigenvalue weighted by atomic mass is 32.2. The number of aromatic amines is 1. The van der Waals surface area contributed by atoms with E-state index >= 15 is 0 Å². The van der Waals surface area contributed by atoms with Crippen LogP contribution in [-0.2, 0) is 30.2 Å². The number of sulfonamides is 1. The normalized spacial score (nSPS) is 11.9. The first-order valence-corrected chi connectivity index (χ1v) is 7.59. The molecule has 0 fully saturated rings. The predicted octanol–water partition coefficient (Wildman–Crippen LogP) is -0.350. The number of nitrogens with zero attached hydrogens (tertiary/aromatic N) is 3. The first kappa shape index (κ1) is 14.7. The summed E-state index contributed by atoms with van der Waals surface area (Å²) in [6.07, 6.45) is 1.76. The molecular formula is C11H18N6O2S. The van der Waals surface area contributed by atoms with Crippen molar-refractivity contribution in [3.8, 4) is 0 Å². The van der Waals surface area contributed by atoms with Crippen LogP contribution in [0.1, 0.15) is 17.0 Å². The lowest BCUT2D eigenvalue weighted by Crippen LogP contribution is -2.25. The van der Waals surface area contributed by atoms with Gasteiger partial charge in [0.05, 0.1) is 12.2 Å². The Morgan fingerprint density at radius 1 is 1.40 bits per heavy atom. The topological polar surface area (TPSA) is 105 Å². The molecule has 0 bridgehead atoms. The molecule has 0 aromatic carbocycles. The maximum absolute atomic E-state index is 12.3. The Bertz CT molecular complexity index is 688. The van der Waals surface area contributed by atoms with Gasteiger partial charge in [-0.15, -0.1) is 0 Å². The number of aryl methyl sites for hydroxylation is 2. The van der Waals surface area contributed by atoms with Gasteiger partial charge in [0.1, 0.15) is 0 Å². The Kier molecular flexibility index (Phi) is 4.21. The monoisotopic (exact) mass is 298 g/mol. The number of hydrogen-bond acceptors (Lipinski definition) is 5. The number of H-pyrrole nitrogens is 1. The van der Waals surface area contributed by atoms with Gasteiger partial charge in [-0.25, -0.2) is 13.1 Å². The summed E-state index contributed by atoms with van der Waals surface area (Å²) in [6.45, 7) is 2.35. The third kappa shape index (κ3) is 3.06. The highest BCUT2D eigenvalue weighted by Crippen LogP contribution is 2.16. The molecule has 20 heavy (non-hydrogen) atoms. The van der Waals surface area contributed by atoms with Crippen LogP contribution in [0, 0.1) is 6.92 Å². The number of aromatic nitrogens is 4. The van der Waals surface area contributed by atoms with Crippen molar-refractivity contribution in [2.45, 2.75) is 25.0 Å². The van der Waals surface area contributed by atoms with Crippen LogP contribution < -0.4 is 10.0 Å². The van der Waals surface area contributed by atoms with E-state index in [1.54, 1.807) is 38.0 Å². The molecule has 3 N–H and O–H groups in total. The molecule has 0 spiro atoms. The maximum Gasteiger partial charge on any atom is 0.260 e. The molecule has 0 amide bonds. The van der Waals surface area contributed by atoms with Crippen molar-refractivity contribution in [1.82, 2.24) is 30.0 Å². The van der Waals surface area contributed by atoms with Crippen LogP contribution >= 0.6 is 0 Å². The summed E-state index contributed by atoms with van der Waals surface area (Å²) < 4.78 is 28.7. The summed E-state index contributed by atoms with van der Waals surface area (Å²) >= 11 is 0. The Labute approximate surface area is 117 Å². The summed E-state index contributed by atoms with van der Waals surface area (Å²) in [5.41, 5.74) is 2.03. The quantitative estimate of drug-likeness (QED) is 0.676. The molecule has 0 saturated heterocycles. The molecule has 0 aliphatic rings. The van der Waals surface area contributed by atoms with Gasteiger partial charge in [-0.3, -0.25) is 9.78 Å². The maximum atomic E-state index is 12.3. The van der Waals surface area contributed by atoms with Gasteiger partial charge in [0.2, 0.25) is 0 Å². The molecule has 0 unspecified atom stereocenters. The fourth-order valence-electron chi connectivity index (χ4n) is 1.83. The van der Waals surface area contributed by atoms with Crippen molar-refractivity contribution in [2.24, 2.45) is 7.05 Å². The van der Waals surface area contributed by atoms with E-state index in [1.807, 2.05) is 0 Å². The van der Waals surface area contributed by atoms with Crippen molar-refractivity contribution in [1.29, 1.82) is 0 Å². The molecule has 2 heterocycles. The molecule has 2 rings (SSSR count). The lowest BCUT2D eigenvalue weighted by molar-refractivity contribution is 0.573. The average molecular weight is 298 g/mol. The zero-order valence-electron chi connectivity index (χ0n) is 11.6. The van der Waals surface area contributed by atoms with Gasteiger partial charge in [0, 0.05) is 31.0 Å². The molecule has 8 nitrogen and oxygen atoms in total. The fourth-order valence-corrected chi connectivity index (χ4v) is 3.02. The van der Waals surface area contributed by atoms with Crippen LogP contribution in [0.4, 0.5) is 0 Å². The van der Waals surface area contributed by atoms with Crippen LogP contribution in [0.15, 0.2) is 17.3 Å². The zero-order chi connectivity index (χ0) is 14.8. The van der Waals surface area contributed by atoms with Crippen molar-refractivity contribution in [3.63, 3.8) is 0 Å². The summed E-state index contributed by atoms with van der Waals surface area (Å²) in [4.78, 5) is 0. The minimum Gasteiger partial charge on any atom is -0.316 e. The first-order valence-electron chi connectivity index (χ1n) is 6.10. The Balaban J connectivity index is 2.18. The van der Waals surface area contributed by atoms with Crippen LogP contribution in [0.5, 0.6) is 0 Å². The predicted molar refractivity (Wildman–Crippen MR) is 73.3 cm³/mol. The minimum atomic E-state index is -3.66. The third-order valence-corrected chi connectivity index (χ3v) is 4.23. The van der Waals surface area contributed by atoms with E-state index in [1.165, 1.54) is 0 Å². The lowest BCUT2D eigenvalue weighted by Gasteiger charge is -2.05. The molecular weight excluding hydrogens is 280 g/mol. The molecule has 2 aromatic rings. The molecule has 0 atom stereocenters. The van der Waals surface area contributed by atoms with Gasteiger partial charge in [0.25, 0.3) is 10.0 Å². The van der Waals surface area contributed by atoms with E-state index in [4.69, 9.17) is 0 Å². The van der Waals surface area contributed by atoms with Gasteiger partial charge in [-0.05, 0) is 20.0 Å². The third-order valence-electron chi connectivity index (χ3n) is 2.86. The lowest BCUT2D eigenvalue weighted by atomic mass is 10.3. The molecule has 0 radical (unpaired) electrons. The summed E-state index contributed by atoms with van der Waals surface area (Å²) in [5.74, 6) is 0. The van der Waals surface area contributed by atoms with Crippen LogP contribution in [-0.4, -0.2) is 35.4 Å². The van der Waals surface area contributed by atoms with E-state index in [0.29, 0.717) is 17.8 Å². The number of hydrogen-bond donors (Lipinski definition) is 3. The first-order chi connectivity index (χ1) is 9.44. The summed E-state index contributed by atoms with van der Waals surface area (Å²) in [6, 6.07) is 1.76. The second-order valence-electron chi connectivity index (χ2n) is 4.47. The SMILES string of the molecule is CNCc1c(S(=O)(=O)NCc2ccn(C)n2)n[nH]c1C. The minimum absolute atomic E-state index is 0.0280. The van der Waals surface area contributed by atoms with Crippen molar-refractivity contribution in [3.05, 3.63) is 29.2 Å². The highest BCUT2D eigenvalue weighted by molar-refractivity contribution is 7.89. The Hall–Kier alpha value is -1.71. The smallest absolute Gasteiger partial charge is 0.260 e. The van der Waals surface area contributed by atoms with Gasteiger partial charge < -0.3 is 5.32 Å². The van der Waals surface area contributed by atoms with Crippen LogP contribution in [0.3, 0.4) is 0 Å². The second kappa shape index (κ2) is 5.73. The van der Waals surface area contributed by atoms with Crippen LogP contribution in [0.25, 0.3) is 0 Å². The van der Waals surface area contributed by atoms with Gasteiger partial charge in [0.15, 0.2) is 5.03 Å².